The molecule has 2 heterocycles. The molecule has 3 rings (SSSR count). The van der Waals surface area contributed by atoms with Crippen LogP contribution < -0.4 is 4.74 Å². The van der Waals surface area contributed by atoms with E-state index in [-0.39, 0.29) is 5.91 Å². The molecule has 140 valence electrons. The number of hydrogen-bond donors (Lipinski definition) is 0. The highest BCUT2D eigenvalue weighted by Gasteiger charge is 2.25. The van der Waals surface area contributed by atoms with Crippen molar-refractivity contribution in [2.24, 2.45) is 18.9 Å². The quantitative estimate of drug-likeness (QED) is 0.753. The SMILES string of the molecule is COc1ccc(-c2nnc(SCC(=O)N3C[C@H](C)C[C@H](C)C3)n2C)cc1. The van der Waals surface area contributed by atoms with Crippen LogP contribution >= 0.6 is 11.8 Å². The molecular formula is C19H26N4O2S. The molecule has 1 saturated heterocycles. The molecule has 26 heavy (non-hydrogen) atoms. The molecule has 0 aliphatic carbocycles. The fourth-order valence-corrected chi connectivity index (χ4v) is 4.33. The lowest BCUT2D eigenvalue weighted by Gasteiger charge is -2.34. The Labute approximate surface area is 158 Å². The summed E-state index contributed by atoms with van der Waals surface area (Å²) >= 11 is 1.45. The molecule has 1 aromatic carbocycles. The van der Waals surface area contributed by atoms with Gasteiger partial charge in [0.1, 0.15) is 5.75 Å². The smallest absolute Gasteiger partial charge is 0.233 e. The van der Waals surface area contributed by atoms with Crippen LogP contribution in [-0.2, 0) is 11.8 Å². The third kappa shape index (κ3) is 4.20. The largest absolute Gasteiger partial charge is 0.497 e. The Morgan fingerprint density at radius 2 is 1.85 bits per heavy atom. The van der Waals surface area contributed by atoms with Gasteiger partial charge in [-0.2, -0.15) is 0 Å². The second kappa shape index (κ2) is 8.12. The number of likely N-dealkylation sites (tertiary alicyclic amines) is 1. The highest BCUT2D eigenvalue weighted by Crippen LogP contribution is 2.26. The molecule has 0 bridgehead atoms. The van der Waals surface area contributed by atoms with Gasteiger partial charge in [-0.05, 0) is 42.5 Å². The van der Waals surface area contributed by atoms with Gasteiger partial charge in [-0.25, -0.2) is 0 Å². The number of benzene rings is 1. The summed E-state index contributed by atoms with van der Waals surface area (Å²) in [6, 6.07) is 7.72. The summed E-state index contributed by atoms with van der Waals surface area (Å²) < 4.78 is 7.12. The minimum Gasteiger partial charge on any atom is -0.497 e. The number of piperidine rings is 1. The van der Waals surface area contributed by atoms with E-state index in [1.165, 1.54) is 18.2 Å². The average Bonchev–Trinajstić information content (AvgIpc) is 2.99. The van der Waals surface area contributed by atoms with Crippen molar-refractivity contribution in [1.82, 2.24) is 19.7 Å². The summed E-state index contributed by atoms with van der Waals surface area (Å²) in [5.41, 5.74) is 0.970. The summed E-state index contributed by atoms with van der Waals surface area (Å²) in [7, 11) is 3.57. The van der Waals surface area contributed by atoms with Gasteiger partial charge in [0.15, 0.2) is 11.0 Å². The molecule has 0 radical (unpaired) electrons. The first-order valence-electron chi connectivity index (χ1n) is 8.92. The van der Waals surface area contributed by atoms with Crippen molar-refractivity contribution < 1.29 is 9.53 Å². The number of thioether (sulfide) groups is 1. The van der Waals surface area contributed by atoms with Gasteiger partial charge in [-0.1, -0.05) is 25.6 Å². The molecule has 2 aromatic rings. The Balaban J connectivity index is 1.63. The number of ether oxygens (including phenoxy) is 1. The Morgan fingerprint density at radius 1 is 1.19 bits per heavy atom. The van der Waals surface area contributed by atoms with E-state index < -0.39 is 0 Å². The molecule has 2 atom stereocenters. The van der Waals surface area contributed by atoms with Gasteiger partial charge in [0.25, 0.3) is 0 Å². The predicted octanol–water partition coefficient (Wildman–Crippen LogP) is 3.09. The maximum atomic E-state index is 12.6. The van der Waals surface area contributed by atoms with E-state index in [0.717, 1.165) is 35.4 Å². The van der Waals surface area contributed by atoms with E-state index in [4.69, 9.17) is 4.74 Å². The number of carbonyl (C=O) groups is 1. The number of hydrogen-bond acceptors (Lipinski definition) is 5. The zero-order valence-electron chi connectivity index (χ0n) is 15.8. The maximum absolute atomic E-state index is 12.6. The minimum absolute atomic E-state index is 0.183. The van der Waals surface area contributed by atoms with Crippen molar-refractivity contribution in [2.75, 3.05) is 26.0 Å². The van der Waals surface area contributed by atoms with Crippen LogP contribution in [0, 0.1) is 11.8 Å². The Morgan fingerprint density at radius 3 is 2.46 bits per heavy atom. The van der Waals surface area contributed by atoms with Gasteiger partial charge in [-0.15, -0.1) is 10.2 Å². The summed E-state index contributed by atoms with van der Waals surface area (Å²) in [5, 5.41) is 9.29. The van der Waals surface area contributed by atoms with Crippen LogP contribution in [0.3, 0.4) is 0 Å². The fourth-order valence-electron chi connectivity index (χ4n) is 3.52. The van der Waals surface area contributed by atoms with Crippen molar-refractivity contribution in [2.45, 2.75) is 25.4 Å². The zero-order valence-corrected chi connectivity index (χ0v) is 16.6. The van der Waals surface area contributed by atoms with Crippen LogP contribution in [-0.4, -0.2) is 51.5 Å². The van der Waals surface area contributed by atoms with Crippen LogP contribution in [0.2, 0.25) is 0 Å². The van der Waals surface area contributed by atoms with E-state index in [0.29, 0.717) is 17.6 Å². The molecule has 0 N–H and O–H groups in total. The topological polar surface area (TPSA) is 60.3 Å². The fraction of sp³-hybridized carbons (Fsp3) is 0.526. The first-order chi connectivity index (χ1) is 12.5. The maximum Gasteiger partial charge on any atom is 0.233 e. The highest BCUT2D eigenvalue weighted by atomic mass is 32.2. The van der Waals surface area contributed by atoms with Crippen molar-refractivity contribution >= 4 is 17.7 Å². The van der Waals surface area contributed by atoms with Crippen LogP contribution in [0.25, 0.3) is 11.4 Å². The number of rotatable bonds is 5. The Hall–Kier alpha value is -2.02. The van der Waals surface area contributed by atoms with Gasteiger partial charge in [0, 0.05) is 25.7 Å². The van der Waals surface area contributed by atoms with Crippen molar-refractivity contribution in [3.63, 3.8) is 0 Å². The molecule has 0 saturated carbocycles. The monoisotopic (exact) mass is 374 g/mol. The standard InChI is InChI=1S/C19H26N4O2S/c1-13-9-14(2)11-23(10-13)17(24)12-26-19-21-20-18(22(19)3)15-5-7-16(25-4)8-6-15/h5-8,13-14H,9-12H2,1-4H3/t13-,14+. The lowest BCUT2D eigenvalue weighted by molar-refractivity contribution is -0.130. The lowest BCUT2D eigenvalue weighted by Crippen LogP contribution is -2.43. The van der Waals surface area contributed by atoms with E-state index in [1.807, 2.05) is 40.8 Å². The average molecular weight is 375 g/mol. The third-order valence-electron chi connectivity index (χ3n) is 4.73. The first kappa shape index (κ1) is 18.8. The van der Waals surface area contributed by atoms with Crippen LogP contribution in [0.1, 0.15) is 20.3 Å². The van der Waals surface area contributed by atoms with Crippen LogP contribution in [0.5, 0.6) is 5.75 Å². The Kier molecular flexibility index (Phi) is 5.86. The molecule has 1 aliphatic heterocycles. The van der Waals surface area contributed by atoms with Crippen LogP contribution in [0.15, 0.2) is 29.4 Å². The predicted molar refractivity (Wildman–Crippen MR) is 103 cm³/mol. The van der Waals surface area contributed by atoms with Gasteiger partial charge in [0.05, 0.1) is 12.9 Å². The van der Waals surface area contributed by atoms with Gasteiger partial charge < -0.3 is 14.2 Å². The van der Waals surface area contributed by atoms with Crippen molar-refractivity contribution in [3.05, 3.63) is 24.3 Å². The molecule has 1 aliphatic rings. The lowest BCUT2D eigenvalue weighted by atomic mass is 9.92. The Bertz CT molecular complexity index is 749. The molecular weight excluding hydrogens is 348 g/mol. The van der Waals surface area contributed by atoms with Gasteiger partial charge >= 0.3 is 0 Å². The van der Waals surface area contributed by atoms with Crippen LogP contribution in [0.4, 0.5) is 0 Å². The molecule has 0 spiro atoms. The number of amides is 1. The van der Waals surface area contributed by atoms with Gasteiger partial charge in [-0.3, -0.25) is 4.79 Å². The number of methoxy groups -OCH3 is 1. The number of nitrogens with zero attached hydrogens (tertiary/aromatic N) is 4. The molecule has 1 fully saturated rings. The van der Waals surface area contributed by atoms with E-state index >= 15 is 0 Å². The van der Waals surface area contributed by atoms with E-state index in [2.05, 4.69) is 24.0 Å². The minimum atomic E-state index is 0.183. The van der Waals surface area contributed by atoms with E-state index in [1.54, 1.807) is 7.11 Å². The normalized spacial score (nSPS) is 20.2. The summed E-state index contributed by atoms with van der Waals surface area (Å²) in [4.78, 5) is 14.5. The second-order valence-electron chi connectivity index (χ2n) is 7.13. The molecule has 1 aromatic heterocycles. The summed E-state index contributed by atoms with van der Waals surface area (Å²) in [5.74, 6) is 3.31. The third-order valence-corrected chi connectivity index (χ3v) is 5.73. The number of carbonyl (C=O) groups excluding carboxylic acids is 1. The molecule has 7 heteroatoms. The number of aromatic nitrogens is 3. The summed E-state index contributed by atoms with van der Waals surface area (Å²) in [6.07, 6.45) is 1.20. The van der Waals surface area contributed by atoms with Crippen molar-refractivity contribution in [1.29, 1.82) is 0 Å². The van der Waals surface area contributed by atoms with Crippen molar-refractivity contribution in [3.8, 4) is 17.1 Å². The highest BCUT2D eigenvalue weighted by molar-refractivity contribution is 7.99. The van der Waals surface area contributed by atoms with Gasteiger partial charge in [0.2, 0.25) is 5.91 Å². The molecule has 0 unspecified atom stereocenters. The molecule has 6 nitrogen and oxygen atoms in total. The zero-order chi connectivity index (χ0) is 18.7. The second-order valence-corrected chi connectivity index (χ2v) is 8.07. The first-order valence-corrected chi connectivity index (χ1v) is 9.91. The molecule has 1 amide bonds. The van der Waals surface area contributed by atoms with E-state index in [9.17, 15) is 4.79 Å². The summed E-state index contributed by atoms with van der Waals surface area (Å²) in [6.45, 7) is 6.15.